The molecule has 316 valence electrons. The molecule has 3 rings (SSSR count). The molecule has 3 fully saturated rings. The van der Waals surface area contributed by atoms with Crippen LogP contribution in [0.2, 0.25) is 0 Å². The largest absolute Gasteiger partial charge is 0.459 e. The van der Waals surface area contributed by atoms with Gasteiger partial charge in [-0.25, -0.2) is 0 Å². The van der Waals surface area contributed by atoms with Gasteiger partial charge in [-0.2, -0.15) is 0 Å². The van der Waals surface area contributed by atoms with Crippen molar-refractivity contribution in [3.05, 3.63) is 0 Å². The summed E-state index contributed by atoms with van der Waals surface area (Å²) in [4.78, 5) is 30.0. The molecule has 3 heterocycles. The number of aliphatic hydroxyl groups excluding tert-OH is 3. The molecule has 0 spiro atoms. The summed E-state index contributed by atoms with van der Waals surface area (Å²) in [6.07, 6.45) is -9.39. The third-order valence-electron chi connectivity index (χ3n) is 12.5. The zero-order chi connectivity index (χ0) is 41.2. The maximum atomic E-state index is 14.2. The number of rotatable bonds is 7. The number of amides is 1. The first-order chi connectivity index (χ1) is 24.8. The standard InChI is InChI=1S/C39H72N2O13/c1-15-28-39(11,48)32(44)24(6)40(12)19-20(2)17-37(9,47)34(54-36-30(43)27(16-21(3)50-36)41(13)26(8)42)22(4)31(23(5)35(46)52-28)53-29-18-38(10,49-14)33(45)25(7)51-29/h20-25,27-34,36,43-45,47-48H,15-19H2,1-14H3/t20-,21-,22+,23-,24-,25+,27+,28-,29+,30-,31+,32-,33+,34-,36+,37-,38-,39-/m1/s1. The lowest BCUT2D eigenvalue weighted by Crippen LogP contribution is -2.61. The molecule has 3 saturated heterocycles. The van der Waals surface area contributed by atoms with E-state index < -0.39 is 108 Å². The van der Waals surface area contributed by atoms with Crippen LogP contribution < -0.4 is 0 Å². The van der Waals surface area contributed by atoms with Crippen molar-refractivity contribution in [2.45, 2.75) is 192 Å². The van der Waals surface area contributed by atoms with E-state index in [1.807, 2.05) is 25.8 Å². The predicted octanol–water partition coefficient (Wildman–Crippen LogP) is 1.82. The first-order valence-electron chi connectivity index (χ1n) is 19.6. The van der Waals surface area contributed by atoms with Crippen LogP contribution in [0.15, 0.2) is 0 Å². The van der Waals surface area contributed by atoms with Crippen molar-refractivity contribution >= 4 is 11.9 Å². The molecule has 0 aromatic rings. The predicted molar refractivity (Wildman–Crippen MR) is 199 cm³/mol. The van der Waals surface area contributed by atoms with E-state index in [4.69, 9.17) is 28.4 Å². The molecule has 15 nitrogen and oxygen atoms in total. The van der Waals surface area contributed by atoms with E-state index in [1.165, 1.54) is 25.9 Å². The molecule has 1 amide bonds. The number of esters is 1. The molecule has 5 N–H and O–H groups in total. The molecule has 54 heavy (non-hydrogen) atoms. The molecule has 0 aromatic heterocycles. The smallest absolute Gasteiger partial charge is 0.311 e. The highest BCUT2D eigenvalue weighted by Crippen LogP contribution is 2.40. The van der Waals surface area contributed by atoms with Gasteiger partial charge < -0.3 is 63.8 Å². The molecule has 3 aliphatic heterocycles. The molecule has 0 aliphatic carbocycles. The van der Waals surface area contributed by atoms with Crippen molar-refractivity contribution in [3.63, 3.8) is 0 Å². The third-order valence-corrected chi connectivity index (χ3v) is 12.5. The topological polar surface area (TPSA) is 197 Å². The Labute approximate surface area is 322 Å². The van der Waals surface area contributed by atoms with Gasteiger partial charge in [-0.05, 0) is 80.7 Å². The lowest BCUT2D eigenvalue weighted by Gasteiger charge is -2.49. The zero-order valence-corrected chi connectivity index (χ0v) is 35.1. The van der Waals surface area contributed by atoms with Gasteiger partial charge in [0.2, 0.25) is 5.91 Å². The minimum Gasteiger partial charge on any atom is -0.459 e. The summed E-state index contributed by atoms with van der Waals surface area (Å²) in [6.45, 7) is 19.1. The minimum atomic E-state index is -1.83. The summed E-state index contributed by atoms with van der Waals surface area (Å²) in [5.74, 6) is -3.03. The summed E-state index contributed by atoms with van der Waals surface area (Å²) in [5.41, 5.74) is -4.51. The number of nitrogens with zero attached hydrogens (tertiary/aromatic N) is 2. The molecule has 0 aromatic carbocycles. The van der Waals surface area contributed by atoms with Gasteiger partial charge in [0.1, 0.15) is 30.0 Å². The quantitative estimate of drug-likeness (QED) is 0.235. The van der Waals surface area contributed by atoms with Gasteiger partial charge in [0.05, 0.1) is 47.6 Å². The number of hydrogen-bond donors (Lipinski definition) is 5. The van der Waals surface area contributed by atoms with Crippen molar-refractivity contribution in [1.82, 2.24) is 9.80 Å². The van der Waals surface area contributed by atoms with Crippen molar-refractivity contribution < 1.29 is 63.5 Å². The van der Waals surface area contributed by atoms with Crippen LogP contribution in [-0.4, -0.2) is 165 Å². The van der Waals surface area contributed by atoms with Crippen molar-refractivity contribution in [3.8, 4) is 0 Å². The molecule has 0 radical (unpaired) electrons. The van der Waals surface area contributed by atoms with Crippen molar-refractivity contribution in [2.24, 2.45) is 17.8 Å². The Bertz CT molecular complexity index is 1240. The maximum absolute atomic E-state index is 14.2. The molecule has 0 unspecified atom stereocenters. The van der Waals surface area contributed by atoms with Crippen LogP contribution in [0, 0.1) is 17.8 Å². The van der Waals surface area contributed by atoms with E-state index in [-0.39, 0.29) is 31.1 Å². The van der Waals surface area contributed by atoms with Crippen LogP contribution in [0.3, 0.4) is 0 Å². The number of carbonyl (C=O) groups is 2. The monoisotopic (exact) mass is 777 g/mol. The SMILES string of the molecule is CC[C@H]1OC(=O)[C@H](C)[C@@H](O[C@H]2C[C@@](C)(OC)[C@@H](O)[C@H](C)O2)[C@H](C)[C@@H](O[C@@H]2O[C@H](C)C[C@H](N(C)C(C)=O)[C@H]2O)[C@](C)(O)C[C@@H](C)CN(C)[C@H](C)[C@@H](O)[C@]1(C)O. The molecular weight excluding hydrogens is 704 g/mol. The fourth-order valence-corrected chi connectivity index (χ4v) is 8.84. The summed E-state index contributed by atoms with van der Waals surface area (Å²) in [5, 5.41) is 58.3. The third kappa shape index (κ3) is 10.3. The zero-order valence-electron chi connectivity index (χ0n) is 35.1. The number of methoxy groups -OCH3 is 1. The lowest BCUT2D eigenvalue weighted by atomic mass is 9.77. The van der Waals surface area contributed by atoms with E-state index >= 15 is 0 Å². The van der Waals surface area contributed by atoms with Crippen LogP contribution >= 0.6 is 0 Å². The van der Waals surface area contributed by atoms with Crippen LogP contribution in [0.25, 0.3) is 0 Å². The second kappa shape index (κ2) is 18.4. The molecular formula is C39H72N2O13. The number of aliphatic hydroxyl groups is 5. The number of carbonyl (C=O) groups excluding carboxylic acids is 2. The number of likely N-dealkylation sites (N-methyl/N-ethyl adjacent to an activating group) is 2. The fourth-order valence-electron chi connectivity index (χ4n) is 8.84. The Hall–Kier alpha value is -1.50. The normalized spacial score (nSPS) is 48.0. The Morgan fingerprint density at radius 2 is 1.59 bits per heavy atom. The number of hydrogen-bond acceptors (Lipinski definition) is 14. The van der Waals surface area contributed by atoms with E-state index in [2.05, 4.69) is 0 Å². The summed E-state index contributed by atoms with van der Waals surface area (Å²) in [6, 6.07) is -1.20. The number of cyclic esters (lactones) is 1. The molecule has 18 atom stereocenters. The first-order valence-corrected chi connectivity index (χ1v) is 19.6. The van der Waals surface area contributed by atoms with Gasteiger partial charge in [-0.1, -0.05) is 20.8 Å². The Balaban J connectivity index is 2.19. The van der Waals surface area contributed by atoms with Gasteiger partial charge in [-0.3, -0.25) is 9.59 Å². The highest BCUT2D eigenvalue weighted by atomic mass is 16.7. The van der Waals surface area contributed by atoms with E-state index in [0.29, 0.717) is 13.0 Å². The van der Waals surface area contributed by atoms with E-state index in [0.717, 1.165) is 0 Å². The van der Waals surface area contributed by atoms with E-state index in [1.54, 1.807) is 55.5 Å². The lowest BCUT2D eigenvalue weighted by molar-refractivity contribution is -0.317. The summed E-state index contributed by atoms with van der Waals surface area (Å²) < 4.78 is 37.4. The number of ether oxygens (including phenoxy) is 6. The van der Waals surface area contributed by atoms with Crippen molar-refractivity contribution in [1.29, 1.82) is 0 Å². The molecule has 15 heteroatoms. The highest BCUT2D eigenvalue weighted by Gasteiger charge is 2.53. The molecule has 0 saturated carbocycles. The highest BCUT2D eigenvalue weighted by molar-refractivity contribution is 5.73. The van der Waals surface area contributed by atoms with Crippen LogP contribution in [0.4, 0.5) is 0 Å². The first kappa shape index (κ1) is 46.9. The van der Waals surface area contributed by atoms with Crippen molar-refractivity contribution in [2.75, 3.05) is 27.7 Å². The fraction of sp³-hybridized carbons (Fsp3) is 0.949. The van der Waals surface area contributed by atoms with Gasteiger partial charge in [0.25, 0.3) is 0 Å². The van der Waals surface area contributed by atoms with Gasteiger partial charge in [-0.15, -0.1) is 0 Å². The van der Waals surface area contributed by atoms with Gasteiger partial charge in [0, 0.05) is 46.0 Å². The minimum absolute atomic E-state index is 0.0999. The summed E-state index contributed by atoms with van der Waals surface area (Å²) >= 11 is 0. The molecule has 3 aliphatic rings. The summed E-state index contributed by atoms with van der Waals surface area (Å²) in [7, 11) is 4.92. The second-order valence-corrected chi connectivity index (χ2v) is 17.3. The van der Waals surface area contributed by atoms with Gasteiger partial charge >= 0.3 is 5.97 Å². The van der Waals surface area contributed by atoms with Gasteiger partial charge in [0.15, 0.2) is 12.6 Å². The van der Waals surface area contributed by atoms with Crippen LogP contribution in [0.1, 0.15) is 102 Å². The average molecular weight is 777 g/mol. The van der Waals surface area contributed by atoms with E-state index in [9.17, 15) is 35.1 Å². The Morgan fingerprint density at radius 1 is 0.981 bits per heavy atom. The van der Waals surface area contributed by atoms with Crippen LogP contribution in [-0.2, 0) is 38.0 Å². The average Bonchev–Trinajstić information content (AvgIpc) is 3.09. The molecule has 0 bridgehead atoms. The maximum Gasteiger partial charge on any atom is 0.311 e. The van der Waals surface area contributed by atoms with Crippen LogP contribution in [0.5, 0.6) is 0 Å². The Kier molecular flexibility index (Phi) is 16.0. The Morgan fingerprint density at radius 3 is 2.15 bits per heavy atom. The second-order valence-electron chi connectivity index (χ2n) is 17.3.